The van der Waals surface area contributed by atoms with Crippen LogP contribution < -0.4 is 0 Å². The molecular weight excluding hydrogens is 490 g/mol. The number of ether oxygens (including phenoxy) is 5. The Hall–Kier alpha value is -3.63. The zero-order valence-corrected chi connectivity index (χ0v) is 21.1. The first-order valence-electron chi connectivity index (χ1n) is 12.4. The van der Waals surface area contributed by atoms with Crippen molar-refractivity contribution in [2.75, 3.05) is 6.61 Å². The average Bonchev–Trinajstić information content (AvgIpc) is 2.92. The van der Waals surface area contributed by atoms with E-state index in [0.29, 0.717) is 6.61 Å². The van der Waals surface area contributed by atoms with Crippen LogP contribution >= 0.6 is 0 Å². The molecule has 3 aromatic carbocycles. The zero-order chi connectivity index (χ0) is 26.7. The molecule has 38 heavy (non-hydrogen) atoms. The molecule has 5 atom stereocenters. The molecule has 0 spiro atoms. The predicted octanol–water partition coefficient (Wildman–Crippen LogP) is 4.31. The number of hydrogen-bond acceptors (Lipinski definition) is 8. The topological polar surface area (TPSA) is 106 Å². The van der Waals surface area contributed by atoms with Crippen molar-refractivity contribution in [2.24, 2.45) is 0 Å². The minimum absolute atomic E-state index is 0.0434. The van der Waals surface area contributed by atoms with Crippen LogP contribution in [0.1, 0.15) is 23.6 Å². The Morgan fingerprint density at radius 1 is 0.789 bits per heavy atom. The van der Waals surface area contributed by atoms with Gasteiger partial charge in [0.15, 0.2) is 6.10 Å². The highest BCUT2D eigenvalue weighted by molar-refractivity contribution is 5.66. The van der Waals surface area contributed by atoms with E-state index >= 15 is 0 Å². The van der Waals surface area contributed by atoms with Gasteiger partial charge in [-0.2, -0.15) is 0 Å². The molecule has 1 saturated heterocycles. The van der Waals surface area contributed by atoms with Crippen LogP contribution in [-0.2, 0) is 48.3 Å². The van der Waals surface area contributed by atoms with Gasteiger partial charge in [0.2, 0.25) is 0 Å². The molecule has 0 unspecified atom stereocenters. The van der Waals surface area contributed by atoms with Crippen molar-refractivity contribution in [1.29, 1.82) is 0 Å². The van der Waals surface area contributed by atoms with Crippen molar-refractivity contribution < 1.29 is 33.4 Å². The van der Waals surface area contributed by atoms with Crippen LogP contribution in [0.2, 0.25) is 0 Å². The summed E-state index contributed by atoms with van der Waals surface area (Å²) in [6.45, 7) is 1.81. The van der Waals surface area contributed by atoms with Crippen molar-refractivity contribution in [3.05, 3.63) is 118 Å². The summed E-state index contributed by atoms with van der Waals surface area (Å²) in [7, 11) is 0. The lowest BCUT2D eigenvalue weighted by Crippen LogP contribution is -2.63. The molecule has 0 aromatic heterocycles. The lowest BCUT2D eigenvalue weighted by Gasteiger charge is -2.41. The molecule has 1 fully saturated rings. The highest BCUT2D eigenvalue weighted by atomic mass is 16.7. The van der Waals surface area contributed by atoms with Gasteiger partial charge in [-0.25, -0.2) is 0 Å². The molecule has 0 N–H and O–H groups in total. The Kier molecular flexibility index (Phi) is 9.94. The average molecular weight is 522 g/mol. The number of rotatable bonds is 12. The van der Waals surface area contributed by atoms with Gasteiger partial charge in [0.25, 0.3) is 6.29 Å². The summed E-state index contributed by atoms with van der Waals surface area (Å²) in [5.41, 5.74) is 2.68. The third-order valence-electron chi connectivity index (χ3n) is 6.10. The fraction of sp³-hybridized carbons (Fsp3) is 0.345. The summed E-state index contributed by atoms with van der Waals surface area (Å²) in [5, 5.41) is 12.3. The minimum atomic E-state index is -1.51. The summed E-state index contributed by atoms with van der Waals surface area (Å²) in [5.74, 6) is -0.698. The lowest BCUT2D eigenvalue weighted by atomic mass is 9.96. The largest absolute Gasteiger partial charge is 0.428 e. The van der Waals surface area contributed by atoms with Crippen molar-refractivity contribution in [1.82, 2.24) is 0 Å². The molecule has 0 radical (unpaired) electrons. The highest BCUT2D eigenvalue weighted by Gasteiger charge is 2.55. The molecule has 4 rings (SSSR count). The number of carbonyl (C=O) groups excluding carboxylic acids is 1. The minimum Gasteiger partial charge on any atom is -0.428 e. The van der Waals surface area contributed by atoms with Crippen LogP contribution in [0.3, 0.4) is 0 Å². The van der Waals surface area contributed by atoms with Crippen LogP contribution in [0, 0.1) is 10.1 Å². The van der Waals surface area contributed by atoms with Gasteiger partial charge < -0.3 is 23.7 Å². The zero-order valence-electron chi connectivity index (χ0n) is 21.1. The van der Waals surface area contributed by atoms with Crippen LogP contribution in [0.25, 0.3) is 0 Å². The first-order valence-corrected chi connectivity index (χ1v) is 12.4. The quantitative estimate of drug-likeness (QED) is 0.197. The standard InChI is InChI=1S/C29H31NO8/c1-21(31)37-29-26(30(32)33)28(36-19-24-15-9-4-10-16-24)27(35-18-23-13-7-3-8-14-23)25(38-29)20-34-17-22-11-5-2-6-12-22/h2-16,25-29H,17-20H2,1H3/t25-,26-,27-,28-,29+/m1/s1. The van der Waals surface area contributed by atoms with E-state index in [-0.39, 0.29) is 19.8 Å². The second-order valence-electron chi connectivity index (χ2n) is 8.95. The summed E-state index contributed by atoms with van der Waals surface area (Å²) in [6.07, 6.45) is -4.23. The number of benzene rings is 3. The molecule has 9 nitrogen and oxygen atoms in total. The molecule has 3 aromatic rings. The van der Waals surface area contributed by atoms with E-state index in [1.54, 1.807) is 0 Å². The second-order valence-corrected chi connectivity index (χ2v) is 8.95. The van der Waals surface area contributed by atoms with Crippen LogP contribution in [0.4, 0.5) is 0 Å². The van der Waals surface area contributed by atoms with E-state index in [4.69, 9.17) is 23.7 Å². The molecule has 0 saturated carbocycles. The molecule has 0 aliphatic carbocycles. The second kappa shape index (κ2) is 13.8. The van der Waals surface area contributed by atoms with Crippen LogP contribution in [0.15, 0.2) is 91.0 Å². The summed E-state index contributed by atoms with van der Waals surface area (Å²) >= 11 is 0. The monoisotopic (exact) mass is 521 g/mol. The number of carbonyl (C=O) groups is 1. The smallest absolute Gasteiger partial charge is 0.305 e. The number of hydrogen-bond donors (Lipinski definition) is 0. The van der Waals surface area contributed by atoms with E-state index in [2.05, 4.69) is 0 Å². The van der Waals surface area contributed by atoms with Crippen LogP contribution in [0.5, 0.6) is 0 Å². The summed E-state index contributed by atoms with van der Waals surface area (Å²) < 4.78 is 29.6. The van der Waals surface area contributed by atoms with E-state index < -0.39 is 41.5 Å². The van der Waals surface area contributed by atoms with Crippen molar-refractivity contribution in [3.63, 3.8) is 0 Å². The lowest BCUT2D eigenvalue weighted by molar-refractivity contribution is -0.574. The SMILES string of the molecule is CC(=O)O[C@H]1O[C@H](COCc2ccccc2)[C@@H](OCc2ccccc2)[C@H](OCc2ccccc2)[C@H]1[N+](=O)[O-]. The fourth-order valence-electron chi connectivity index (χ4n) is 4.30. The van der Waals surface area contributed by atoms with Gasteiger partial charge in [-0.3, -0.25) is 14.9 Å². The van der Waals surface area contributed by atoms with Gasteiger partial charge >= 0.3 is 12.0 Å². The van der Waals surface area contributed by atoms with Gasteiger partial charge in [0.05, 0.1) is 26.4 Å². The van der Waals surface area contributed by atoms with E-state index in [1.165, 1.54) is 6.92 Å². The van der Waals surface area contributed by atoms with Crippen molar-refractivity contribution in [2.45, 2.75) is 57.4 Å². The Balaban J connectivity index is 1.59. The maximum atomic E-state index is 12.3. The highest BCUT2D eigenvalue weighted by Crippen LogP contribution is 2.30. The number of nitro groups is 1. The van der Waals surface area contributed by atoms with Crippen molar-refractivity contribution >= 4 is 5.97 Å². The Labute approximate surface area is 221 Å². The van der Waals surface area contributed by atoms with E-state index in [0.717, 1.165) is 16.7 Å². The van der Waals surface area contributed by atoms with Gasteiger partial charge in [0.1, 0.15) is 12.2 Å². The number of nitrogens with zero attached hydrogens (tertiary/aromatic N) is 1. The molecule has 200 valence electrons. The molecule has 1 heterocycles. The predicted molar refractivity (Wildman–Crippen MR) is 137 cm³/mol. The van der Waals surface area contributed by atoms with Gasteiger partial charge in [-0.05, 0) is 16.7 Å². The first-order chi connectivity index (χ1) is 18.5. The summed E-state index contributed by atoms with van der Waals surface area (Å²) in [4.78, 5) is 23.6. The fourth-order valence-corrected chi connectivity index (χ4v) is 4.30. The van der Waals surface area contributed by atoms with Gasteiger partial charge in [-0.1, -0.05) is 91.0 Å². The normalized spacial score (nSPS) is 23.0. The maximum Gasteiger partial charge on any atom is 0.305 e. The van der Waals surface area contributed by atoms with Crippen LogP contribution in [-0.4, -0.2) is 48.1 Å². The third-order valence-corrected chi connectivity index (χ3v) is 6.10. The molecule has 1 aliphatic heterocycles. The Morgan fingerprint density at radius 2 is 1.26 bits per heavy atom. The van der Waals surface area contributed by atoms with Crippen molar-refractivity contribution in [3.8, 4) is 0 Å². The number of esters is 1. The van der Waals surface area contributed by atoms with Gasteiger partial charge in [-0.15, -0.1) is 0 Å². The molecular formula is C29H31NO8. The molecule has 0 bridgehead atoms. The molecule has 1 aliphatic rings. The Morgan fingerprint density at radius 3 is 1.74 bits per heavy atom. The van der Waals surface area contributed by atoms with E-state index in [1.807, 2.05) is 91.0 Å². The maximum absolute atomic E-state index is 12.3. The van der Waals surface area contributed by atoms with Gasteiger partial charge in [0, 0.05) is 11.8 Å². The Bertz CT molecular complexity index is 1150. The molecule has 0 amide bonds. The first kappa shape index (κ1) is 27.4. The third kappa shape index (κ3) is 7.69. The van der Waals surface area contributed by atoms with E-state index in [9.17, 15) is 14.9 Å². The summed E-state index contributed by atoms with van der Waals surface area (Å²) in [6, 6.07) is 26.9. The molecule has 9 heteroatoms.